The van der Waals surface area contributed by atoms with Crippen LogP contribution in [0.4, 0.5) is 0 Å². The molecule has 14 heavy (non-hydrogen) atoms. The maximum atomic E-state index is 8.71. The molecule has 0 fully saturated rings. The van der Waals surface area contributed by atoms with Gasteiger partial charge in [0.2, 0.25) is 0 Å². The first-order valence-electron chi connectivity index (χ1n) is 4.21. The van der Waals surface area contributed by atoms with Crippen LogP contribution in [0.25, 0.3) is 0 Å². The molecule has 0 atom stereocenters. The number of pyridine rings is 1. The lowest BCUT2D eigenvalue weighted by molar-refractivity contribution is 0.317. The molecule has 0 aliphatic carbocycles. The second kappa shape index (κ2) is 7.29. The number of oxime groups is 1. The van der Waals surface area contributed by atoms with Gasteiger partial charge in [-0.25, -0.2) is 0 Å². The average molecular weight is 216 g/mol. The van der Waals surface area contributed by atoms with E-state index in [1.54, 1.807) is 6.20 Å². The van der Waals surface area contributed by atoms with Gasteiger partial charge >= 0.3 is 0 Å². The molecule has 0 spiro atoms. The van der Waals surface area contributed by atoms with Gasteiger partial charge < -0.3 is 10.9 Å². The zero-order valence-corrected chi connectivity index (χ0v) is 8.57. The van der Waals surface area contributed by atoms with Crippen LogP contribution in [0.15, 0.2) is 29.6 Å². The van der Waals surface area contributed by atoms with E-state index in [1.165, 1.54) is 0 Å². The number of hydrogen-bond donors (Lipinski definition) is 2. The molecule has 5 heteroatoms. The van der Waals surface area contributed by atoms with Crippen molar-refractivity contribution >= 4 is 18.1 Å². The highest BCUT2D eigenvalue weighted by molar-refractivity contribution is 5.98. The number of aromatic nitrogens is 1. The predicted octanol–water partition coefficient (Wildman–Crippen LogP) is 1.42. The van der Waals surface area contributed by atoms with Gasteiger partial charge in [-0.2, -0.15) is 0 Å². The largest absolute Gasteiger partial charge is 0.411 e. The first kappa shape index (κ1) is 12.9. The summed E-state index contributed by atoms with van der Waals surface area (Å²) in [5, 5.41) is 11.9. The molecule has 0 saturated heterocycles. The van der Waals surface area contributed by atoms with E-state index in [9.17, 15) is 0 Å². The molecule has 0 aromatic carbocycles. The Kier molecular flexibility index (Phi) is 6.70. The van der Waals surface area contributed by atoms with Crippen LogP contribution < -0.4 is 5.73 Å². The normalized spacial score (nSPS) is 10.8. The van der Waals surface area contributed by atoms with Crippen molar-refractivity contribution in [3.8, 4) is 0 Å². The lowest BCUT2D eigenvalue weighted by atomic mass is 10.1. The Morgan fingerprint density at radius 3 is 2.79 bits per heavy atom. The zero-order valence-electron chi connectivity index (χ0n) is 7.76. The van der Waals surface area contributed by atoms with E-state index in [0.29, 0.717) is 24.4 Å². The van der Waals surface area contributed by atoms with Gasteiger partial charge in [-0.1, -0.05) is 11.2 Å². The smallest absolute Gasteiger partial charge is 0.105 e. The van der Waals surface area contributed by atoms with Crippen LogP contribution in [0.1, 0.15) is 18.5 Å². The highest BCUT2D eigenvalue weighted by atomic mass is 35.5. The van der Waals surface area contributed by atoms with E-state index in [2.05, 4.69) is 10.1 Å². The lowest BCUT2D eigenvalue weighted by Crippen LogP contribution is -2.07. The Bertz CT molecular complexity index is 277. The number of nitrogens with zero attached hydrogens (tertiary/aromatic N) is 2. The number of hydrogen-bond acceptors (Lipinski definition) is 4. The first-order valence-corrected chi connectivity index (χ1v) is 4.21. The van der Waals surface area contributed by atoms with Crippen LogP contribution in [-0.2, 0) is 0 Å². The Morgan fingerprint density at radius 2 is 2.29 bits per heavy atom. The average Bonchev–Trinajstić information content (AvgIpc) is 2.21. The van der Waals surface area contributed by atoms with Crippen molar-refractivity contribution in [1.82, 2.24) is 4.98 Å². The Hall–Kier alpha value is -1.13. The van der Waals surface area contributed by atoms with Crippen LogP contribution in [0.2, 0.25) is 0 Å². The van der Waals surface area contributed by atoms with Crippen LogP contribution >= 0.6 is 12.4 Å². The second-order valence-corrected chi connectivity index (χ2v) is 2.65. The summed E-state index contributed by atoms with van der Waals surface area (Å²) in [6.45, 7) is 0.589. The minimum absolute atomic E-state index is 0. The summed E-state index contributed by atoms with van der Waals surface area (Å²) in [4.78, 5) is 4.07. The van der Waals surface area contributed by atoms with Gasteiger partial charge in [0.25, 0.3) is 0 Å². The number of nitrogens with two attached hydrogens (primary N) is 1. The summed E-state index contributed by atoms with van der Waals surface area (Å²) in [5.74, 6) is 0. The predicted molar refractivity (Wildman–Crippen MR) is 58.1 cm³/mol. The molecular formula is C9H14ClN3O. The van der Waals surface area contributed by atoms with Crippen molar-refractivity contribution in [2.24, 2.45) is 10.9 Å². The third-order valence-corrected chi connectivity index (χ3v) is 1.70. The fraction of sp³-hybridized carbons (Fsp3) is 0.333. The van der Waals surface area contributed by atoms with E-state index in [4.69, 9.17) is 10.9 Å². The van der Waals surface area contributed by atoms with Crippen molar-refractivity contribution in [2.75, 3.05) is 6.54 Å². The van der Waals surface area contributed by atoms with Crippen molar-refractivity contribution < 1.29 is 5.21 Å². The maximum Gasteiger partial charge on any atom is 0.105 e. The molecule has 0 unspecified atom stereocenters. The van der Waals surface area contributed by atoms with Gasteiger partial charge in [0.15, 0.2) is 0 Å². The minimum Gasteiger partial charge on any atom is -0.411 e. The van der Waals surface area contributed by atoms with Crippen LogP contribution in [0, 0.1) is 0 Å². The molecule has 78 valence electrons. The van der Waals surface area contributed by atoms with Gasteiger partial charge in [0, 0.05) is 6.20 Å². The molecule has 0 aliphatic rings. The van der Waals surface area contributed by atoms with Gasteiger partial charge in [-0.3, -0.25) is 4.98 Å². The fourth-order valence-electron chi connectivity index (χ4n) is 1.03. The molecule has 0 bridgehead atoms. The topological polar surface area (TPSA) is 71.5 Å². The first-order chi connectivity index (χ1) is 6.38. The maximum absolute atomic E-state index is 8.71. The van der Waals surface area contributed by atoms with Crippen LogP contribution in [-0.4, -0.2) is 22.4 Å². The minimum atomic E-state index is 0. The Labute approximate surface area is 89.2 Å². The third kappa shape index (κ3) is 3.72. The van der Waals surface area contributed by atoms with Gasteiger partial charge in [-0.05, 0) is 31.5 Å². The molecule has 1 rings (SSSR count). The van der Waals surface area contributed by atoms with Gasteiger partial charge in [-0.15, -0.1) is 12.4 Å². The van der Waals surface area contributed by atoms with Crippen molar-refractivity contribution in [2.45, 2.75) is 12.8 Å². The van der Waals surface area contributed by atoms with Crippen molar-refractivity contribution in [3.63, 3.8) is 0 Å². The third-order valence-electron chi connectivity index (χ3n) is 1.70. The molecule has 0 amide bonds. The van der Waals surface area contributed by atoms with E-state index < -0.39 is 0 Å². The highest BCUT2D eigenvalue weighted by Gasteiger charge is 2.03. The Morgan fingerprint density at radius 1 is 1.50 bits per heavy atom. The number of rotatable bonds is 4. The highest BCUT2D eigenvalue weighted by Crippen LogP contribution is 2.02. The molecular weight excluding hydrogens is 202 g/mol. The SMILES string of the molecule is Cl.NCCC/C(=N\O)c1ccccn1. The van der Waals surface area contributed by atoms with Gasteiger partial charge in [0.05, 0.1) is 5.69 Å². The molecule has 1 aromatic heterocycles. The molecule has 3 N–H and O–H groups in total. The fourth-order valence-corrected chi connectivity index (χ4v) is 1.03. The van der Waals surface area contributed by atoms with E-state index in [1.807, 2.05) is 18.2 Å². The summed E-state index contributed by atoms with van der Waals surface area (Å²) in [6.07, 6.45) is 3.13. The summed E-state index contributed by atoms with van der Waals surface area (Å²) in [5.41, 5.74) is 6.65. The number of halogens is 1. The molecule has 0 saturated carbocycles. The second-order valence-electron chi connectivity index (χ2n) is 2.65. The molecule has 0 radical (unpaired) electrons. The Balaban J connectivity index is 0.00000169. The lowest BCUT2D eigenvalue weighted by Gasteiger charge is -2.01. The molecule has 0 aliphatic heterocycles. The quantitative estimate of drug-likeness (QED) is 0.453. The molecule has 1 heterocycles. The van der Waals surface area contributed by atoms with E-state index in [0.717, 1.165) is 6.42 Å². The van der Waals surface area contributed by atoms with E-state index >= 15 is 0 Å². The molecule has 1 aromatic rings. The summed E-state index contributed by atoms with van der Waals surface area (Å²) < 4.78 is 0. The van der Waals surface area contributed by atoms with Crippen molar-refractivity contribution in [1.29, 1.82) is 0 Å². The standard InChI is InChI=1S/C9H13N3O.ClH/c10-6-3-5-9(12-13)8-4-1-2-7-11-8;/h1-2,4,7,13H,3,5-6,10H2;1H/b12-9+;. The van der Waals surface area contributed by atoms with Crippen molar-refractivity contribution in [3.05, 3.63) is 30.1 Å². The van der Waals surface area contributed by atoms with Crippen LogP contribution in [0.3, 0.4) is 0 Å². The summed E-state index contributed by atoms with van der Waals surface area (Å²) >= 11 is 0. The molecule has 4 nitrogen and oxygen atoms in total. The van der Waals surface area contributed by atoms with Crippen LogP contribution in [0.5, 0.6) is 0 Å². The monoisotopic (exact) mass is 215 g/mol. The van der Waals surface area contributed by atoms with Gasteiger partial charge in [0.1, 0.15) is 5.71 Å². The zero-order chi connectivity index (χ0) is 9.52. The summed E-state index contributed by atoms with van der Waals surface area (Å²) in [6, 6.07) is 5.49. The van der Waals surface area contributed by atoms with E-state index in [-0.39, 0.29) is 12.4 Å². The summed E-state index contributed by atoms with van der Waals surface area (Å²) in [7, 11) is 0.